The van der Waals surface area contributed by atoms with Crippen molar-refractivity contribution < 1.29 is 0 Å². The highest BCUT2D eigenvalue weighted by molar-refractivity contribution is 5.93. The monoisotopic (exact) mass is 443 g/mol. The van der Waals surface area contributed by atoms with Crippen molar-refractivity contribution in [2.45, 2.75) is 13.3 Å². The van der Waals surface area contributed by atoms with E-state index in [-0.39, 0.29) is 0 Å². The predicted molar refractivity (Wildman–Crippen MR) is 134 cm³/mol. The summed E-state index contributed by atoms with van der Waals surface area (Å²) in [6.07, 6.45) is 0.702. The summed E-state index contributed by atoms with van der Waals surface area (Å²) in [5, 5.41) is 16.7. The molecule has 0 aliphatic heterocycles. The van der Waals surface area contributed by atoms with Crippen LogP contribution in [-0.4, -0.2) is 29.9 Å². The maximum Gasteiger partial charge on any atom is 0.187 e. The molecular formula is C27H21N7. The smallest absolute Gasteiger partial charge is 0.187 e. The molecule has 7 nitrogen and oxygen atoms in total. The van der Waals surface area contributed by atoms with E-state index < -0.39 is 0 Å². The summed E-state index contributed by atoms with van der Waals surface area (Å²) in [5.74, 6) is 1.58. The number of nitrogens with zero attached hydrogens (tertiary/aromatic N) is 6. The van der Waals surface area contributed by atoms with Crippen molar-refractivity contribution >= 4 is 27.6 Å². The van der Waals surface area contributed by atoms with Gasteiger partial charge in [0.25, 0.3) is 0 Å². The Morgan fingerprint density at radius 1 is 0.765 bits per heavy atom. The molecule has 164 valence electrons. The molecule has 0 amide bonds. The quantitative estimate of drug-likeness (QED) is 0.416. The van der Waals surface area contributed by atoms with Gasteiger partial charge in [0.1, 0.15) is 5.82 Å². The number of fused-ring (bicyclic) bond motifs is 2. The second-order valence-corrected chi connectivity index (χ2v) is 8.17. The Morgan fingerprint density at radius 2 is 1.44 bits per heavy atom. The Morgan fingerprint density at radius 3 is 2.21 bits per heavy atom. The van der Waals surface area contributed by atoms with Crippen molar-refractivity contribution in [2.75, 3.05) is 5.73 Å². The molecule has 0 radical (unpaired) electrons. The third kappa shape index (κ3) is 3.34. The minimum Gasteiger partial charge on any atom is -0.383 e. The lowest BCUT2D eigenvalue weighted by molar-refractivity contribution is 0.798. The Labute approximate surface area is 195 Å². The minimum atomic E-state index is 0.394. The number of aryl methyl sites for hydroxylation is 1. The molecule has 6 rings (SSSR count). The maximum atomic E-state index is 6.37. The van der Waals surface area contributed by atoms with E-state index in [1.165, 1.54) is 5.56 Å². The van der Waals surface area contributed by atoms with Crippen molar-refractivity contribution in [2.24, 2.45) is 0 Å². The van der Waals surface area contributed by atoms with Crippen LogP contribution in [0.2, 0.25) is 0 Å². The standard InChI is InChI=1S/C27H21N7/c1-17-23-24(28)29-25(19-12-6-3-7-13-19)30-26(23)33-34(17)27-21-15-9-8-14-20(21)22(31-32-27)16-18-10-4-2-5-11-18/h2-15H,16H2,1H3,(H2,28,29,30,33). The van der Waals surface area contributed by atoms with E-state index in [0.717, 1.165) is 33.1 Å². The number of hydrogen-bond acceptors (Lipinski definition) is 6. The van der Waals surface area contributed by atoms with Gasteiger partial charge in [-0.05, 0) is 12.5 Å². The second kappa shape index (κ2) is 8.04. The molecule has 0 fully saturated rings. The number of aromatic nitrogens is 6. The number of anilines is 1. The van der Waals surface area contributed by atoms with Crippen LogP contribution in [0.3, 0.4) is 0 Å². The average molecular weight is 444 g/mol. The van der Waals surface area contributed by atoms with E-state index in [1.807, 2.05) is 73.7 Å². The molecule has 0 saturated carbocycles. The first-order chi connectivity index (χ1) is 16.7. The first-order valence-electron chi connectivity index (χ1n) is 11.1. The zero-order chi connectivity index (χ0) is 23.1. The maximum absolute atomic E-state index is 6.37. The Kier molecular flexibility index (Phi) is 4.73. The molecule has 0 unspecified atom stereocenters. The molecule has 3 heterocycles. The Hall–Kier alpha value is -4.65. The van der Waals surface area contributed by atoms with Gasteiger partial charge in [-0.25, -0.2) is 14.6 Å². The Bertz CT molecular complexity index is 1640. The van der Waals surface area contributed by atoms with Gasteiger partial charge in [0.15, 0.2) is 17.3 Å². The fourth-order valence-electron chi connectivity index (χ4n) is 4.30. The second-order valence-electron chi connectivity index (χ2n) is 8.17. The first kappa shape index (κ1) is 20.0. The van der Waals surface area contributed by atoms with Crippen LogP contribution in [-0.2, 0) is 6.42 Å². The molecule has 7 heteroatoms. The zero-order valence-electron chi connectivity index (χ0n) is 18.6. The lowest BCUT2D eigenvalue weighted by Gasteiger charge is -2.10. The summed E-state index contributed by atoms with van der Waals surface area (Å²) in [5.41, 5.74) is 10.7. The van der Waals surface area contributed by atoms with E-state index in [9.17, 15) is 0 Å². The summed E-state index contributed by atoms with van der Waals surface area (Å²) >= 11 is 0. The molecule has 0 aliphatic rings. The zero-order valence-corrected chi connectivity index (χ0v) is 18.6. The Balaban J connectivity index is 1.51. The lowest BCUT2D eigenvalue weighted by atomic mass is 10.0. The lowest BCUT2D eigenvalue weighted by Crippen LogP contribution is -2.07. The van der Waals surface area contributed by atoms with Gasteiger partial charge in [-0.15, -0.1) is 10.2 Å². The molecule has 3 aromatic heterocycles. The SMILES string of the molecule is Cc1c2c(N)nc(-c3ccccc3)nc2nn1-c1nnc(Cc2ccccc2)c2ccccc12. The largest absolute Gasteiger partial charge is 0.383 e. The fourth-order valence-corrected chi connectivity index (χ4v) is 4.30. The van der Waals surface area contributed by atoms with E-state index in [4.69, 9.17) is 15.8 Å². The van der Waals surface area contributed by atoms with Gasteiger partial charge >= 0.3 is 0 Å². The minimum absolute atomic E-state index is 0.394. The van der Waals surface area contributed by atoms with Crippen LogP contribution in [0.5, 0.6) is 0 Å². The van der Waals surface area contributed by atoms with E-state index in [0.29, 0.717) is 29.5 Å². The molecule has 34 heavy (non-hydrogen) atoms. The summed E-state index contributed by atoms with van der Waals surface area (Å²) in [6, 6.07) is 28.2. The van der Waals surface area contributed by atoms with Gasteiger partial charge in [0.2, 0.25) is 0 Å². The van der Waals surface area contributed by atoms with Gasteiger partial charge in [0.05, 0.1) is 16.8 Å². The van der Waals surface area contributed by atoms with Crippen LogP contribution in [0, 0.1) is 6.92 Å². The van der Waals surface area contributed by atoms with Crippen molar-refractivity contribution in [3.8, 4) is 17.2 Å². The summed E-state index contributed by atoms with van der Waals surface area (Å²) in [7, 11) is 0. The molecule has 6 aromatic rings. The highest BCUT2D eigenvalue weighted by Gasteiger charge is 2.19. The predicted octanol–water partition coefficient (Wildman–Crippen LogP) is 4.91. The van der Waals surface area contributed by atoms with Crippen LogP contribution < -0.4 is 5.73 Å². The third-order valence-electron chi connectivity index (χ3n) is 5.98. The number of hydrogen-bond donors (Lipinski definition) is 1. The van der Waals surface area contributed by atoms with Crippen LogP contribution in [0.15, 0.2) is 84.9 Å². The van der Waals surface area contributed by atoms with Gasteiger partial charge in [-0.3, -0.25) is 0 Å². The normalized spacial score (nSPS) is 11.3. The summed E-state index contributed by atoms with van der Waals surface area (Å²) in [4.78, 5) is 9.24. The summed E-state index contributed by atoms with van der Waals surface area (Å²) < 4.78 is 1.77. The highest BCUT2D eigenvalue weighted by Crippen LogP contribution is 2.29. The molecule has 0 saturated heterocycles. The number of rotatable bonds is 4. The van der Waals surface area contributed by atoms with Gasteiger partial charge < -0.3 is 5.73 Å². The van der Waals surface area contributed by atoms with E-state index in [1.54, 1.807) is 4.68 Å². The van der Waals surface area contributed by atoms with Gasteiger partial charge in [-0.1, -0.05) is 84.9 Å². The van der Waals surface area contributed by atoms with Crippen LogP contribution in [0.25, 0.3) is 39.0 Å². The van der Waals surface area contributed by atoms with Crippen molar-refractivity contribution in [3.63, 3.8) is 0 Å². The van der Waals surface area contributed by atoms with E-state index >= 15 is 0 Å². The molecule has 0 atom stereocenters. The topological polar surface area (TPSA) is 95.4 Å². The van der Waals surface area contributed by atoms with Crippen LogP contribution in [0.1, 0.15) is 17.0 Å². The molecule has 0 aliphatic carbocycles. The van der Waals surface area contributed by atoms with Crippen LogP contribution in [0.4, 0.5) is 5.82 Å². The fraction of sp³-hybridized carbons (Fsp3) is 0.0741. The highest BCUT2D eigenvalue weighted by atomic mass is 15.4. The number of nitrogen functional groups attached to an aromatic ring is 1. The molecule has 0 spiro atoms. The molecular weight excluding hydrogens is 422 g/mol. The third-order valence-corrected chi connectivity index (χ3v) is 5.98. The van der Waals surface area contributed by atoms with Gasteiger partial charge in [-0.2, -0.15) is 5.10 Å². The molecule has 3 aromatic carbocycles. The van der Waals surface area contributed by atoms with Crippen LogP contribution >= 0.6 is 0 Å². The average Bonchev–Trinajstić information content (AvgIpc) is 3.22. The number of benzene rings is 3. The first-order valence-corrected chi connectivity index (χ1v) is 11.1. The summed E-state index contributed by atoms with van der Waals surface area (Å²) in [6.45, 7) is 1.95. The van der Waals surface area contributed by atoms with Crippen molar-refractivity contribution in [3.05, 3.63) is 102 Å². The molecule has 0 bridgehead atoms. The van der Waals surface area contributed by atoms with Crippen molar-refractivity contribution in [1.82, 2.24) is 29.9 Å². The van der Waals surface area contributed by atoms with Gasteiger partial charge in [0, 0.05) is 22.8 Å². The molecule has 2 N–H and O–H groups in total. The van der Waals surface area contributed by atoms with E-state index in [2.05, 4.69) is 33.4 Å². The number of nitrogens with two attached hydrogens (primary N) is 1. The van der Waals surface area contributed by atoms with Crippen molar-refractivity contribution in [1.29, 1.82) is 0 Å².